The highest BCUT2D eigenvalue weighted by Gasteiger charge is 2.39. The highest BCUT2D eigenvalue weighted by molar-refractivity contribution is 7.09. The quantitative estimate of drug-likeness (QED) is 0.670. The molecular weight excluding hydrogens is 384 g/mol. The molecule has 2 N–H and O–H groups in total. The fraction of sp³-hybridized carbons (Fsp3) is 0.333. The van der Waals surface area contributed by atoms with E-state index < -0.39 is 18.0 Å². The lowest BCUT2D eigenvalue weighted by molar-refractivity contribution is -0.131. The number of thiazole rings is 1. The maximum absolute atomic E-state index is 12.5. The summed E-state index contributed by atoms with van der Waals surface area (Å²) in [6.07, 6.45) is 2.24. The molecule has 10 heteroatoms. The van der Waals surface area contributed by atoms with Gasteiger partial charge in [0.2, 0.25) is 12.7 Å². The topological polar surface area (TPSA) is 110 Å². The standard InChI is InChI=1S/C18H18N4O5S/c23-15(19-4-3-16-20-5-6-28-16)8-12-17(24)22(18(25)21-12)9-11-1-2-13-14(7-11)27-10-26-13/h1-2,5-7,12H,3-4,8-10H2,(H,19,23)(H,21,25)/t12-/m1/s1. The van der Waals surface area contributed by atoms with E-state index in [0.29, 0.717) is 24.5 Å². The second kappa shape index (κ2) is 7.85. The fourth-order valence-corrected chi connectivity index (χ4v) is 3.65. The summed E-state index contributed by atoms with van der Waals surface area (Å²) in [6.45, 7) is 0.688. The largest absolute Gasteiger partial charge is 0.454 e. The molecule has 0 unspecified atom stereocenters. The molecule has 146 valence electrons. The summed E-state index contributed by atoms with van der Waals surface area (Å²) in [6, 6.07) is 3.88. The average Bonchev–Trinajstić information content (AvgIpc) is 3.40. The summed E-state index contributed by atoms with van der Waals surface area (Å²) in [5, 5.41) is 8.13. The van der Waals surface area contributed by atoms with Gasteiger partial charge in [0.15, 0.2) is 11.5 Å². The number of aromatic nitrogens is 1. The van der Waals surface area contributed by atoms with E-state index in [4.69, 9.17) is 9.47 Å². The van der Waals surface area contributed by atoms with Gasteiger partial charge in [0.05, 0.1) is 18.0 Å². The fourth-order valence-electron chi connectivity index (χ4n) is 3.03. The molecule has 0 saturated carbocycles. The van der Waals surface area contributed by atoms with Crippen molar-refractivity contribution in [2.24, 2.45) is 0 Å². The third-order valence-electron chi connectivity index (χ3n) is 4.42. The van der Waals surface area contributed by atoms with Crippen LogP contribution in [0.5, 0.6) is 11.5 Å². The molecule has 0 radical (unpaired) electrons. The molecule has 4 rings (SSSR count). The van der Waals surface area contributed by atoms with Crippen LogP contribution < -0.4 is 20.1 Å². The lowest BCUT2D eigenvalue weighted by Gasteiger charge is -2.13. The molecule has 0 aliphatic carbocycles. The molecule has 0 bridgehead atoms. The highest BCUT2D eigenvalue weighted by Crippen LogP contribution is 2.33. The van der Waals surface area contributed by atoms with Gasteiger partial charge in [-0.15, -0.1) is 11.3 Å². The van der Waals surface area contributed by atoms with Crippen molar-refractivity contribution in [1.29, 1.82) is 0 Å². The van der Waals surface area contributed by atoms with Crippen LogP contribution in [0.1, 0.15) is 17.0 Å². The number of hydrogen-bond donors (Lipinski definition) is 2. The Bertz CT molecular complexity index is 901. The zero-order valence-electron chi connectivity index (χ0n) is 14.8. The van der Waals surface area contributed by atoms with E-state index >= 15 is 0 Å². The van der Waals surface area contributed by atoms with Crippen molar-refractivity contribution in [3.8, 4) is 11.5 Å². The first-order valence-electron chi connectivity index (χ1n) is 8.75. The third-order valence-corrected chi connectivity index (χ3v) is 5.26. The number of nitrogens with zero attached hydrogens (tertiary/aromatic N) is 2. The van der Waals surface area contributed by atoms with Crippen LogP contribution in [0.15, 0.2) is 29.8 Å². The number of urea groups is 1. The molecular formula is C18H18N4O5S. The molecule has 0 spiro atoms. The van der Waals surface area contributed by atoms with Crippen molar-refractivity contribution in [2.45, 2.75) is 25.4 Å². The van der Waals surface area contributed by atoms with Crippen LogP contribution in [0.3, 0.4) is 0 Å². The average molecular weight is 402 g/mol. The van der Waals surface area contributed by atoms with E-state index in [-0.39, 0.29) is 25.7 Å². The van der Waals surface area contributed by atoms with Crippen molar-refractivity contribution in [3.05, 3.63) is 40.3 Å². The van der Waals surface area contributed by atoms with E-state index in [2.05, 4.69) is 15.6 Å². The Labute approximate surface area is 164 Å². The number of imide groups is 1. The van der Waals surface area contributed by atoms with Crippen LogP contribution in [0.4, 0.5) is 4.79 Å². The van der Waals surface area contributed by atoms with Gasteiger partial charge in [0.1, 0.15) is 6.04 Å². The van der Waals surface area contributed by atoms with Gasteiger partial charge in [0, 0.05) is 24.5 Å². The molecule has 1 aromatic heterocycles. The molecule has 1 aromatic carbocycles. The van der Waals surface area contributed by atoms with Crippen molar-refractivity contribution < 1.29 is 23.9 Å². The van der Waals surface area contributed by atoms with Crippen molar-refractivity contribution in [1.82, 2.24) is 20.5 Å². The summed E-state index contributed by atoms with van der Waals surface area (Å²) < 4.78 is 10.6. The first-order valence-corrected chi connectivity index (χ1v) is 9.63. The Hall–Kier alpha value is -3.14. The monoisotopic (exact) mass is 402 g/mol. The normalized spacial score (nSPS) is 17.7. The summed E-state index contributed by atoms with van der Waals surface area (Å²) >= 11 is 1.52. The molecule has 2 aromatic rings. The van der Waals surface area contributed by atoms with Gasteiger partial charge in [-0.05, 0) is 17.7 Å². The van der Waals surface area contributed by atoms with Gasteiger partial charge < -0.3 is 20.1 Å². The Kier molecular flexibility index (Phi) is 5.11. The Morgan fingerprint density at radius 1 is 1.32 bits per heavy atom. The molecule has 2 aliphatic heterocycles. The number of nitrogens with one attached hydrogen (secondary N) is 2. The van der Waals surface area contributed by atoms with Gasteiger partial charge in [-0.3, -0.25) is 14.5 Å². The number of carbonyl (C=O) groups is 3. The minimum atomic E-state index is -0.860. The maximum Gasteiger partial charge on any atom is 0.325 e. The number of hydrogen-bond acceptors (Lipinski definition) is 7. The second-order valence-corrected chi connectivity index (χ2v) is 7.32. The summed E-state index contributed by atoms with van der Waals surface area (Å²) in [5.41, 5.74) is 0.737. The predicted octanol–water partition coefficient (Wildman–Crippen LogP) is 1.04. The van der Waals surface area contributed by atoms with Crippen LogP contribution in [0.2, 0.25) is 0 Å². The van der Waals surface area contributed by atoms with Crippen LogP contribution >= 0.6 is 11.3 Å². The van der Waals surface area contributed by atoms with E-state index in [1.54, 1.807) is 24.4 Å². The van der Waals surface area contributed by atoms with Crippen LogP contribution in [0, 0.1) is 0 Å². The molecule has 2 aliphatic rings. The number of fused-ring (bicyclic) bond motifs is 1. The van der Waals surface area contributed by atoms with Crippen molar-refractivity contribution in [2.75, 3.05) is 13.3 Å². The minimum Gasteiger partial charge on any atom is -0.454 e. The van der Waals surface area contributed by atoms with Gasteiger partial charge in [-0.25, -0.2) is 9.78 Å². The first kappa shape index (κ1) is 18.2. The van der Waals surface area contributed by atoms with Gasteiger partial charge in [-0.1, -0.05) is 6.07 Å². The van der Waals surface area contributed by atoms with Crippen molar-refractivity contribution >= 4 is 29.2 Å². The van der Waals surface area contributed by atoms with Gasteiger partial charge >= 0.3 is 6.03 Å². The molecule has 1 fully saturated rings. The third kappa shape index (κ3) is 3.91. The number of ether oxygens (including phenoxy) is 2. The zero-order chi connectivity index (χ0) is 19.5. The Balaban J connectivity index is 1.30. The smallest absolute Gasteiger partial charge is 0.325 e. The SMILES string of the molecule is O=C(C[C@H]1NC(=O)N(Cc2ccc3c(c2)OCO3)C1=O)NCCc1nccs1. The maximum atomic E-state index is 12.5. The molecule has 1 atom stereocenters. The molecule has 3 heterocycles. The van der Waals surface area contributed by atoms with Crippen molar-refractivity contribution in [3.63, 3.8) is 0 Å². The summed E-state index contributed by atoms with van der Waals surface area (Å²) in [7, 11) is 0. The Morgan fingerprint density at radius 3 is 3.00 bits per heavy atom. The number of carbonyl (C=O) groups excluding carboxylic acids is 3. The van der Waals surface area contributed by atoms with Crippen LogP contribution in [-0.2, 0) is 22.6 Å². The number of benzene rings is 1. The summed E-state index contributed by atoms with van der Waals surface area (Å²) in [4.78, 5) is 42.1. The van der Waals surface area contributed by atoms with E-state index in [1.165, 1.54) is 11.3 Å². The lowest BCUT2D eigenvalue weighted by Crippen LogP contribution is -2.37. The van der Waals surface area contributed by atoms with Gasteiger partial charge in [0.25, 0.3) is 5.91 Å². The first-order chi connectivity index (χ1) is 13.6. The van der Waals surface area contributed by atoms with Crippen LogP contribution in [0.25, 0.3) is 0 Å². The zero-order valence-corrected chi connectivity index (χ0v) is 15.7. The lowest BCUT2D eigenvalue weighted by atomic mass is 10.1. The minimum absolute atomic E-state index is 0.0971. The molecule has 1 saturated heterocycles. The van der Waals surface area contributed by atoms with E-state index in [9.17, 15) is 14.4 Å². The summed E-state index contributed by atoms with van der Waals surface area (Å²) in [5.74, 6) is 0.506. The van der Waals surface area contributed by atoms with Gasteiger partial charge in [-0.2, -0.15) is 0 Å². The number of amides is 4. The highest BCUT2D eigenvalue weighted by atomic mass is 32.1. The predicted molar refractivity (Wildman–Crippen MR) is 98.9 cm³/mol. The number of rotatable bonds is 7. The van der Waals surface area contributed by atoms with Crippen LogP contribution in [-0.4, -0.2) is 47.1 Å². The molecule has 28 heavy (non-hydrogen) atoms. The molecule has 9 nitrogen and oxygen atoms in total. The molecule has 4 amide bonds. The van der Waals surface area contributed by atoms with E-state index in [1.807, 2.05) is 5.38 Å². The second-order valence-electron chi connectivity index (χ2n) is 6.34. The Morgan fingerprint density at radius 2 is 2.18 bits per heavy atom. The van der Waals surface area contributed by atoms with E-state index in [0.717, 1.165) is 15.5 Å².